The van der Waals surface area contributed by atoms with Crippen LogP contribution >= 0.6 is 0 Å². The Morgan fingerprint density at radius 2 is 1.23 bits per heavy atom. The largest absolute Gasteiger partial charge is 0.258 e. The third kappa shape index (κ3) is 3.12. The highest BCUT2D eigenvalue weighted by Gasteiger charge is 2.19. The van der Waals surface area contributed by atoms with Crippen molar-refractivity contribution in [3.63, 3.8) is 0 Å². The summed E-state index contributed by atoms with van der Waals surface area (Å²) in [6.07, 6.45) is 0. The molecule has 6 heteroatoms. The summed E-state index contributed by atoms with van der Waals surface area (Å²) >= 11 is 0. The topological polar surface area (TPSA) is 43.6 Å². The Balaban J connectivity index is 1.79. The zero-order chi connectivity index (χ0) is 20.7. The van der Waals surface area contributed by atoms with Gasteiger partial charge in [0.05, 0.1) is 0 Å². The molecule has 0 unspecified atom stereocenters. The van der Waals surface area contributed by atoms with Crippen LogP contribution < -0.4 is 0 Å². The van der Waals surface area contributed by atoms with Crippen LogP contribution in [-0.2, 0) is 0 Å². The van der Waals surface area contributed by atoms with Gasteiger partial charge in [0.25, 0.3) is 0 Å². The first-order chi connectivity index (χ1) is 14.6. The van der Waals surface area contributed by atoms with Crippen molar-refractivity contribution >= 4 is 10.8 Å². The molecule has 0 aliphatic carbocycles. The smallest absolute Gasteiger partial charge is 0.170 e. The van der Waals surface area contributed by atoms with Gasteiger partial charge in [0.1, 0.15) is 17.5 Å². The third-order valence-corrected chi connectivity index (χ3v) is 5.01. The molecule has 0 saturated heterocycles. The Hall–Kier alpha value is -3.93. The lowest BCUT2D eigenvalue weighted by Crippen LogP contribution is -2.04. The predicted octanol–water partition coefficient (Wildman–Crippen LogP) is 5.74. The molecule has 0 aliphatic heterocycles. The number of pyridine rings is 1. The van der Waals surface area contributed by atoms with E-state index in [4.69, 9.17) is 4.98 Å². The van der Waals surface area contributed by atoms with Gasteiger partial charge in [-0.1, -0.05) is 24.3 Å². The third-order valence-electron chi connectivity index (χ3n) is 5.01. The minimum atomic E-state index is -0.330. The number of hydrogen-bond donors (Lipinski definition) is 0. The Morgan fingerprint density at radius 1 is 0.700 bits per heavy atom. The quantitative estimate of drug-likeness (QED) is 0.389. The summed E-state index contributed by atoms with van der Waals surface area (Å²) in [5.41, 5.74) is 2.27. The molecule has 5 rings (SSSR count). The van der Waals surface area contributed by atoms with Crippen molar-refractivity contribution in [2.75, 3.05) is 0 Å². The fraction of sp³-hybridized carbons (Fsp3) is 0.0417. The lowest BCUT2D eigenvalue weighted by Gasteiger charge is -2.12. The SMILES string of the molecule is Cc1nc(-n2c(-c3ccc(F)cc3)nnc2-c2ccc(F)cc2)cc2ccccc12. The lowest BCUT2D eigenvalue weighted by atomic mass is 10.1. The standard InChI is InChI=1S/C24H16F2N4/c1-15-21-5-3-2-4-18(21)14-22(27-15)30-23(16-6-10-19(25)11-7-16)28-29-24(30)17-8-12-20(26)13-9-17/h2-14H,1H3. The van der Waals surface area contributed by atoms with Gasteiger partial charge in [-0.05, 0) is 66.9 Å². The number of rotatable bonds is 3. The molecule has 5 aromatic rings. The predicted molar refractivity (Wildman–Crippen MR) is 112 cm³/mol. The van der Waals surface area contributed by atoms with Crippen LogP contribution in [0, 0.1) is 18.6 Å². The summed E-state index contributed by atoms with van der Waals surface area (Å²) < 4.78 is 28.8. The number of aromatic nitrogens is 4. The second-order valence-electron chi connectivity index (χ2n) is 6.98. The van der Waals surface area contributed by atoms with E-state index in [0.29, 0.717) is 28.6 Å². The summed E-state index contributed by atoms with van der Waals surface area (Å²) in [6, 6.07) is 22.1. The molecule has 2 aromatic heterocycles. The molecule has 0 radical (unpaired) electrons. The van der Waals surface area contributed by atoms with Crippen LogP contribution in [0.3, 0.4) is 0 Å². The molecule has 0 bridgehead atoms. The highest BCUT2D eigenvalue weighted by atomic mass is 19.1. The molecule has 0 saturated carbocycles. The molecule has 0 fully saturated rings. The molecule has 0 atom stereocenters. The number of benzene rings is 3. The molecule has 4 nitrogen and oxygen atoms in total. The van der Waals surface area contributed by atoms with Crippen LogP contribution in [0.15, 0.2) is 78.9 Å². The Labute approximate surface area is 171 Å². The van der Waals surface area contributed by atoms with Crippen LogP contribution in [0.2, 0.25) is 0 Å². The summed E-state index contributed by atoms with van der Waals surface area (Å²) in [6.45, 7) is 1.95. The van der Waals surface area contributed by atoms with Crippen LogP contribution in [0.4, 0.5) is 8.78 Å². The Morgan fingerprint density at radius 3 is 1.80 bits per heavy atom. The van der Waals surface area contributed by atoms with Crippen LogP contribution in [0.25, 0.3) is 39.4 Å². The van der Waals surface area contributed by atoms with Crippen molar-refractivity contribution < 1.29 is 8.78 Å². The first kappa shape index (κ1) is 18.1. The lowest BCUT2D eigenvalue weighted by molar-refractivity contribution is 0.627. The molecule has 3 aromatic carbocycles. The van der Waals surface area contributed by atoms with E-state index in [0.717, 1.165) is 16.5 Å². The van der Waals surface area contributed by atoms with Crippen molar-refractivity contribution in [3.05, 3.63) is 96.2 Å². The van der Waals surface area contributed by atoms with Crippen LogP contribution in [0.1, 0.15) is 5.69 Å². The van der Waals surface area contributed by atoms with Gasteiger partial charge in [-0.3, -0.25) is 4.57 Å². The molecule has 0 aliphatic rings. The molecule has 2 heterocycles. The molecule has 30 heavy (non-hydrogen) atoms. The molecule has 0 spiro atoms. The number of hydrogen-bond acceptors (Lipinski definition) is 3. The zero-order valence-electron chi connectivity index (χ0n) is 16.1. The number of aryl methyl sites for hydroxylation is 1. The molecule has 146 valence electrons. The zero-order valence-corrected chi connectivity index (χ0v) is 16.1. The summed E-state index contributed by atoms with van der Waals surface area (Å²) in [7, 11) is 0. The molecule has 0 amide bonds. The molecular weight excluding hydrogens is 382 g/mol. The van der Waals surface area contributed by atoms with E-state index in [-0.39, 0.29) is 11.6 Å². The summed E-state index contributed by atoms with van der Waals surface area (Å²) in [4.78, 5) is 4.79. The first-order valence-corrected chi connectivity index (χ1v) is 9.44. The van der Waals surface area contributed by atoms with E-state index in [9.17, 15) is 8.78 Å². The fourth-order valence-electron chi connectivity index (χ4n) is 3.54. The van der Waals surface area contributed by atoms with Gasteiger partial charge in [0.15, 0.2) is 11.6 Å². The van der Waals surface area contributed by atoms with E-state index in [1.165, 1.54) is 24.3 Å². The van der Waals surface area contributed by atoms with Gasteiger partial charge < -0.3 is 0 Å². The van der Waals surface area contributed by atoms with Gasteiger partial charge in [-0.15, -0.1) is 10.2 Å². The van der Waals surface area contributed by atoms with E-state index in [2.05, 4.69) is 10.2 Å². The second-order valence-corrected chi connectivity index (χ2v) is 6.98. The summed E-state index contributed by atoms with van der Waals surface area (Å²) in [5.74, 6) is 1.02. The number of nitrogens with zero attached hydrogens (tertiary/aromatic N) is 4. The maximum atomic E-state index is 13.5. The highest BCUT2D eigenvalue weighted by molar-refractivity contribution is 5.86. The van der Waals surface area contributed by atoms with Crippen molar-refractivity contribution in [1.29, 1.82) is 0 Å². The Bertz CT molecular complexity index is 1290. The monoisotopic (exact) mass is 398 g/mol. The number of halogens is 2. The number of fused-ring (bicyclic) bond motifs is 1. The van der Waals surface area contributed by atoms with Crippen LogP contribution in [-0.4, -0.2) is 19.7 Å². The Kier molecular flexibility index (Phi) is 4.32. The van der Waals surface area contributed by atoms with Crippen molar-refractivity contribution in [1.82, 2.24) is 19.7 Å². The van der Waals surface area contributed by atoms with E-state index >= 15 is 0 Å². The van der Waals surface area contributed by atoms with Gasteiger partial charge in [-0.2, -0.15) is 0 Å². The van der Waals surface area contributed by atoms with Gasteiger partial charge in [0, 0.05) is 22.2 Å². The highest BCUT2D eigenvalue weighted by Crippen LogP contribution is 2.30. The minimum Gasteiger partial charge on any atom is -0.258 e. The molecule has 0 N–H and O–H groups in total. The maximum absolute atomic E-state index is 13.5. The van der Waals surface area contributed by atoms with Gasteiger partial charge >= 0.3 is 0 Å². The average Bonchev–Trinajstić information content (AvgIpc) is 3.20. The molecular formula is C24H16F2N4. The fourth-order valence-corrected chi connectivity index (χ4v) is 3.54. The minimum absolute atomic E-state index is 0.330. The van der Waals surface area contributed by atoms with Crippen molar-refractivity contribution in [3.8, 4) is 28.6 Å². The van der Waals surface area contributed by atoms with E-state index in [1.807, 2.05) is 41.8 Å². The average molecular weight is 398 g/mol. The maximum Gasteiger partial charge on any atom is 0.170 e. The van der Waals surface area contributed by atoms with Gasteiger partial charge in [0.2, 0.25) is 0 Å². The van der Waals surface area contributed by atoms with Crippen LogP contribution in [0.5, 0.6) is 0 Å². The van der Waals surface area contributed by atoms with Crippen molar-refractivity contribution in [2.45, 2.75) is 6.92 Å². The first-order valence-electron chi connectivity index (χ1n) is 9.44. The van der Waals surface area contributed by atoms with E-state index in [1.54, 1.807) is 24.3 Å². The second kappa shape index (κ2) is 7.15. The van der Waals surface area contributed by atoms with E-state index < -0.39 is 0 Å². The summed E-state index contributed by atoms with van der Waals surface area (Å²) in [5, 5.41) is 10.8. The van der Waals surface area contributed by atoms with Gasteiger partial charge in [-0.25, -0.2) is 13.8 Å². The van der Waals surface area contributed by atoms with Crippen molar-refractivity contribution in [2.24, 2.45) is 0 Å². The normalized spacial score (nSPS) is 11.2.